The predicted octanol–water partition coefficient (Wildman–Crippen LogP) is 4.98. The molecular formula is C26H30N6O2. The lowest BCUT2D eigenvalue weighted by Crippen LogP contribution is -2.23. The van der Waals surface area contributed by atoms with Crippen molar-refractivity contribution >= 4 is 5.91 Å². The van der Waals surface area contributed by atoms with Crippen molar-refractivity contribution in [1.82, 2.24) is 30.2 Å². The van der Waals surface area contributed by atoms with Crippen LogP contribution in [0.4, 0.5) is 0 Å². The molecule has 1 aromatic carbocycles. The molecule has 0 aliphatic rings. The molecule has 0 unspecified atom stereocenters. The van der Waals surface area contributed by atoms with Gasteiger partial charge in [-0.05, 0) is 36.1 Å². The zero-order valence-electron chi connectivity index (χ0n) is 20.5. The molecule has 0 fully saturated rings. The molecule has 0 saturated carbocycles. The number of amides is 1. The average molecular weight is 459 g/mol. The van der Waals surface area contributed by atoms with Crippen LogP contribution in [0.2, 0.25) is 0 Å². The van der Waals surface area contributed by atoms with Gasteiger partial charge in [-0.3, -0.25) is 4.79 Å². The van der Waals surface area contributed by atoms with Gasteiger partial charge in [0.15, 0.2) is 11.6 Å². The van der Waals surface area contributed by atoms with Crippen LogP contribution >= 0.6 is 0 Å². The molecule has 176 valence electrons. The maximum absolute atomic E-state index is 12.8. The molecule has 0 radical (unpaired) electrons. The van der Waals surface area contributed by atoms with Gasteiger partial charge < -0.3 is 9.84 Å². The number of hydrogen-bond acceptors (Lipinski definition) is 6. The Kier molecular flexibility index (Phi) is 6.32. The van der Waals surface area contributed by atoms with Crippen LogP contribution in [0.15, 0.2) is 53.3 Å². The number of aromatic nitrogens is 5. The Balaban J connectivity index is 1.45. The van der Waals surface area contributed by atoms with Crippen LogP contribution in [0.3, 0.4) is 0 Å². The number of pyridine rings is 1. The SMILES string of the molecule is Cc1c(C(=O)NCc2ccc(C(C)C)cc2)cnn1-c1ccc(-c2nc(C(C)(C)C)no2)cn1. The summed E-state index contributed by atoms with van der Waals surface area (Å²) in [5.41, 5.74) is 4.07. The van der Waals surface area contributed by atoms with Gasteiger partial charge in [-0.25, -0.2) is 9.67 Å². The highest BCUT2D eigenvalue weighted by Gasteiger charge is 2.22. The van der Waals surface area contributed by atoms with Gasteiger partial charge in [0.05, 0.1) is 23.0 Å². The molecule has 3 heterocycles. The van der Waals surface area contributed by atoms with Gasteiger partial charge in [-0.1, -0.05) is 64.0 Å². The number of hydrogen-bond donors (Lipinski definition) is 1. The van der Waals surface area contributed by atoms with Crippen LogP contribution in [-0.2, 0) is 12.0 Å². The summed E-state index contributed by atoms with van der Waals surface area (Å²) in [5.74, 6) is 1.96. The van der Waals surface area contributed by atoms with Gasteiger partial charge >= 0.3 is 0 Å². The second-order valence-electron chi connectivity index (χ2n) is 9.71. The highest BCUT2D eigenvalue weighted by molar-refractivity contribution is 5.95. The lowest BCUT2D eigenvalue weighted by Gasteiger charge is -2.10. The summed E-state index contributed by atoms with van der Waals surface area (Å²) in [6.45, 7) is 12.7. The highest BCUT2D eigenvalue weighted by Crippen LogP contribution is 2.24. The van der Waals surface area contributed by atoms with Crippen molar-refractivity contribution in [2.45, 2.75) is 59.4 Å². The third-order valence-corrected chi connectivity index (χ3v) is 5.66. The van der Waals surface area contributed by atoms with Crippen LogP contribution < -0.4 is 5.32 Å². The lowest BCUT2D eigenvalue weighted by molar-refractivity contribution is 0.0950. The molecule has 8 nitrogen and oxygen atoms in total. The number of carbonyl (C=O) groups excluding carboxylic acids is 1. The molecule has 0 atom stereocenters. The molecule has 4 rings (SSSR count). The molecule has 34 heavy (non-hydrogen) atoms. The van der Waals surface area contributed by atoms with Crippen molar-refractivity contribution in [2.24, 2.45) is 0 Å². The van der Waals surface area contributed by atoms with Crippen LogP contribution in [-0.4, -0.2) is 30.8 Å². The molecule has 0 aliphatic heterocycles. The fraction of sp³-hybridized carbons (Fsp3) is 0.346. The van der Waals surface area contributed by atoms with E-state index in [0.717, 1.165) is 11.1 Å². The maximum Gasteiger partial charge on any atom is 0.259 e. The van der Waals surface area contributed by atoms with E-state index in [9.17, 15) is 4.79 Å². The van der Waals surface area contributed by atoms with Crippen LogP contribution in [0.5, 0.6) is 0 Å². The third kappa shape index (κ3) is 4.90. The minimum atomic E-state index is -0.199. The average Bonchev–Trinajstić information content (AvgIpc) is 3.45. The first-order valence-electron chi connectivity index (χ1n) is 11.4. The molecule has 3 aromatic heterocycles. The van der Waals surface area contributed by atoms with E-state index in [0.29, 0.717) is 41.3 Å². The lowest BCUT2D eigenvalue weighted by atomic mass is 9.96. The Bertz CT molecular complexity index is 1280. The summed E-state index contributed by atoms with van der Waals surface area (Å²) in [6.07, 6.45) is 3.23. The van der Waals surface area contributed by atoms with Crippen molar-refractivity contribution in [3.8, 4) is 17.3 Å². The molecule has 4 aromatic rings. The summed E-state index contributed by atoms with van der Waals surface area (Å²) in [4.78, 5) is 21.7. The molecular weight excluding hydrogens is 428 g/mol. The summed E-state index contributed by atoms with van der Waals surface area (Å²) in [6, 6.07) is 12.0. The largest absolute Gasteiger partial charge is 0.348 e. The van der Waals surface area contributed by atoms with E-state index >= 15 is 0 Å². The number of rotatable bonds is 6. The minimum Gasteiger partial charge on any atom is -0.348 e. The van der Waals surface area contributed by atoms with Gasteiger partial charge in [0.1, 0.15) is 0 Å². The fourth-order valence-electron chi connectivity index (χ4n) is 3.44. The quantitative estimate of drug-likeness (QED) is 0.438. The fourth-order valence-corrected chi connectivity index (χ4v) is 3.44. The Morgan fingerprint density at radius 3 is 2.41 bits per heavy atom. The molecule has 0 bridgehead atoms. The van der Waals surface area contributed by atoms with E-state index in [4.69, 9.17) is 4.52 Å². The van der Waals surface area contributed by atoms with Gasteiger partial charge in [0, 0.05) is 18.2 Å². The smallest absolute Gasteiger partial charge is 0.259 e. The Labute approximate surface area is 199 Å². The molecule has 8 heteroatoms. The van der Waals surface area contributed by atoms with Crippen LogP contribution in [0, 0.1) is 6.92 Å². The second kappa shape index (κ2) is 9.21. The van der Waals surface area contributed by atoms with Crippen LogP contribution in [0.1, 0.15) is 73.5 Å². The van der Waals surface area contributed by atoms with Crippen molar-refractivity contribution in [3.05, 3.63) is 77.0 Å². The first kappa shape index (κ1) is 23.4. The normalized spacial score (nSPS) is 11.7. The maximum atomic E-state index is 12.8. The summed E-state index contributed by atoms with van der Waals surface area (Å²) in [7, 11) is 0. The first-order valence-corrected chi connectivity index (χ1v) is 11.4. The topological polar surface area (TPSA) is 98.7 Å². The third-order valence-electron chi connectivity index (χ3n) is 5.66. The zero-order chi connectivity index (χ0) is 24.5. The van der Waals surface area contributed by atoms with Crippen molar-refractivity contribution < 1.29 is 9.32 Å². The van der Waals surface area contributed by atoms with E-state index < -0.39 is 0 Å². The van der Waals surface area contributed by atoms with Gasteiger partial charge in [0.25, 0.3) is 11.8 Å². The monoisotopic (exact) mass is 458 g/mol. The molecule has 0 aliphatic carbocycles. The highest BCUT2D eigenvalue weighted by atomic mass is 16.5. The predicted molar refractivity (Wildman–Crippen MR) is 130 cm³/mol. The zero-order valence-corrected chi connectivity index (χ0v) is 20.5. The van der Waals surface area contributed by atoms with Gasteiger partial charge in [0.2, 0.25) is 0 Å². The van der Waals surface area contributed by atoms with E-state index in [1.54, 1.807) is 17.1 Å². The number of nitrogens with zero attached hydrogens (tertiary/aromatic N) is 5. The van der Waals surface area contributed by atoms with E-state index in [1.165, 1.54) is 5.56 Å². The standard InChI is InChI=1S/C26H30N6O2/c1-16(2)19-9-7-18(8-10-19)13-28-23(33)21-15-29-32(17(21)3)22-12-11-20(14-27-22)24-30-25(31-34-24)26(4,5)6/h7-12,14-16H,13H2,1-6H3,(H,28,33). The minimum absolute atomic E-state index is 0.172. The first-order chi connectivity index (χ1) is 16.1. The molecule has 1 N–H and O–H groups in total. The summed E-state index contributed by atoms with van der Waals surface area (Å²) in [5, 5.41) is 11.4. The molecule has 1 amide bonds. The van der Waals surface area contributed by atoms with E-state index in [1.807, 2.05) is 52.0 Å². The van der Waals surface area contributed by atoms with Crippen molar-refractivity contribution in [1.29, 1.82) is 0 Å². The number of nitrogens with one attached hydrogen (secondary N) is 1. The molecule has 0 spiro atoms. The summed E-state index contributed by atoms with van der Waals surface area (Å²) >= 11 is 0. The Morgan fingerprint density at radius 2 is 1.82 bits per heavy atom. The van der Waals surface area contributed by atoms with E-state index in [2.05, 4.69) is 51.5 Å². The second-order valence-corrected chi connectivity index (χ2v) is 9.71. The summed E-state index contributed by atoms with van der Waals surface area (Å²) < 4.78 is 7.03. The van der Waals surface area contributed by atoms with Gasteiger partial charge in [-0.2, -0.15) is 10.1 Å². The molecule has 0 saturated heterocycles. The Morgan fingerprint density at radius 1 is 1.09 bits per heavy atom. The number of carbonyl (C=O) groups is 1. The van der Waals surface area contributed by atoms with Crippen molar-refractivity contribution in [3.63, 3.8) is 0 Å². The van der Waals surface area contributed by atoms with E-state index in [-0.39, 0.29) is 11.3 Å². The van der Waals surface area contributed by atoms with Crippen LogP contribution in [0.25, 0.3) is 17.3 Å². The Hall–Kier alpha value is -3.81. The number of benzene rings is 1. The van der Waals surface area contributed by atoms with Crippen molar-refractivity contribution in [2.75, 3.05) is 0 Å². The van der Waals surface area contributed by atoms with Gasteiger partial charge in [-0.15, -0.1) is 0 Å².